The molecule has 25 heavy (non-hydrogen) atoms. The number of unbranched alkanes of at least 4 members (excludes halogenated alkanes) is 1. The highest BCUT2D eigenvalue weighted by atomic mass is 35.5. The summed E-state index contributed by atoms with van der Waals surface area (Å²) in [4.78, 5) is 11.7. The van der Waals surface area contributed by atoms with Crippen LogP contribution in [0.5, 0.6) is 0 Å². The number of esters is 1. The number of sulfonamides is 1. The summed E-state index contributed by atoms with van der Waals surface area (Å²) in [6.45, 7) is 2.36. The molecule has 0 radical (unpaired) electrons. The summed E-state index contributed by atoms with van der Waals surface area (Å²) in [6, 6.07) is 10.1. The molecule has 2 rings (SSSR count). The van der Waals surface area contributed by atoms with E-state index in [9.17, 15) is 13.2 Å². The number of halogens is 2. The van der Waals surface area contributed by atoms with Gasteiger partial charge in [-0.05, 0) is 48.9 Å². The van der Waals surface area contributed by atoms with E-state index in [1.807, 2.05) is 6.92 Å². The molecular weight excluding hydrogens is 385 g/mol. The Morgan fingerprint density at radius 3 is 2.44 bits per heavy atom. The Hall–Kier alpha value is -1.76. The van der Waals surface area contributed by atoms with E-state index in [0.29, 0.717) is 17.9 Å². The van der Waals surface area contributed by atoms with Crippen molar-refractivity contribution in [2.24, 2.45) is 0 Å². The molecule has 0 heterocycles. The number of hydrogen-bond donors (Lipinski definition) is 1. The molecule has 0 fully saturated rings. The zero-order valence-corrected chi connectivity index (χ0v) is 15.8. The number of hydrogen-bond acceptors (Lipinski definition) is 4. The lowest BCUT2D eigenvalue weighted by Gasteiger charge is -2.10. The third kappa shape index (κ3) is 5.36. The van der Waals surface area contributed by atoms with Gasteiger partial charge >= 0.3 is 5.97 Å². The standard InChI is InChI=1S/C17H17Cl2NO4S/c1-2-3-10-24-17(21)12-4-7-14(8-5-12)20-25(22,23)16-11-13(18)6-9-15(16)19/h4-9,11,20H,2-3,10H2,1H3. The first-order valence-electron chi connectivity index (χ1n) is 7.58. The quantitative estimate of drug-likeness (QED) is 0.536. The predicted molar refractivity (Wildman–Crippen MR) is 98.9 cm³/mol. The zero-order chi connectivity index (χ0) is 18.4. The van der Waals surface area contributed by atoms with E-state index >= 15 is 0 Å². The van der Waals surface area contributed by atoms with Crippen LogP contribution in [0, 0.1) is 0 Å². The number of carbonyl (C=O) groups excluding carboxylic acids is 1. The maximum absolute atomic E-state index is 12.4. The van der Waals surface area contributed by atoms with Gasteiger partial charge < -0.3 is 4.74 Å². The molecular formula is C17H17Cl2NO4S. The summed E-state index contributed by atoms with van der Waals surface area (Å²) in [5.41, 5.74) is 0.640. The number of anilines is 1. The average molecular weight is 402 g/mol. The van der Waals surface area contributed by atoms with Crippen molar-refractivity contribution in [3.63, 3.8) is 0 Å². The molecule has 0 aliphatic heterocycles. The van der Waals surface area contributed by atoms with Gasteiger partial charge in [-0.3, -0.25) is 4.72 Å². The zero-order valence-electron chi connectivity index (χ0n) is 13.5. The van der Waals surface area contributed by atoms with Gasteiger partial charge in [0, 0.05) is 10.7 Å². The maximum atomic E-state index is 12.4. The summed E-state index contributed by atoms with van der Waals surface area (Å²) >= 11 is 11.8. The van der Waals surface area contributed by atoms with Gasteiger partial charge in [0.25, 0.3) is 10.0 Å². The second-order valence-corrected chi connectivity index (χ2v) is 7.74. The minimum atomic E-state index is -3.90. The van der Waals surface area contributed by atoms with Crippen LogP contribution in [0.4, 0.5) is 5.69 Å². The van der Waals surface area contributed by atoms with E-state index in [0.717, 1.165) is 12.8 Å². The Balaban J connectivity index is 2.12. The molecule has 0 amide bonds. The van der Waals surface area contributed by atoms with Crippen LogP contribution in [-0.2, 0) is 14.8 Å². The third-order valence-corrected chi connectivity index (χ3v) is 5.38. The highest BCUT2D eigenvalue weighted by Crippen LogP contribution is 2.27. The summed E-state index contributed by atoms with van der Waals surface area (Å²) in [5, 5.41) is 0.322. The van der Waals surface area contributed by atoms with Crippen LogP contribution < -0.4 is 4.72 Å². The summed E-state index contributed by atoms with van der Waals surface area (Å²) < 4.78 is 32.3. The SMILES string of the molecule is CCCCOC(=O)c1ccc(NS(=O)(=O)c2cc(Cl)ccc2Cl)cc1. The van der Waals surface area contributed by atoms with Crippen molar-refractivity contribution < 1.29 is 17.9 Å². The fourth-order valence-corrected chi connectivity index (χ4v) is 3.78. The van der Waals surface area contributed by atoms with Gasteiger partial charge in [0.15, 0.2) is 0 Å². The Bertz CT molecular complexity index is 851. The lowest BCUT2D eigenvalue weighted by atomic mass is 10.2. The van der Waals surface area contributed by atoms with Crippen LogP contribution in [0.2, 0.25) is 10.0 Å². The van der Waals surface area contributed by atoms with Gasteiger partial charge in [-0.1, -0.05) is 36.5 Å². The van der Waals surface area contributed by atoms with Crippen LogP contribution >= 0.6 is 23.2 Å². The van der Waals surface area contributed by atoms with E-state index in [-0.39, 0.29) is 14.9 Å². The summed E-state index contributed by atoms with van der Waals surface area (Å²) in [6.07, 6.45) is 1.73. The molecule has 0 spiro atoms. The minimum Gasteiger partial charge on any atom is -0.462 e. The molecule has 0 saturated carbocycles. The van der Waals surface area contributed by atoms with Crippen molar-refractivity contribution in [1.82, 2.24) is 0 Å². The largest absolute Gasteiger partial charge is 0.462 e. The van der Waals surface area contributed by atoms with Crippen LogP contribution in [0.15, 0.2) is 47.4 Å². The van der Waals surface area contributed by atoms with Gasteiger partial charge in [-0.25, -0.2) is 13.2 Å². The van der Waals surface area contributed by atoms with E-state index in [1.165, 1.54) is 42.5 Å². The van der Waals surface area contributed by atoms with Crippen molar-refractivity contribution in [3.8, 4) is 0 Å². The van der Waals surface area contributed by atoms with Gasteiger partial charge in [-0.2, -0.15) is 0 Å². The van der Waals surface area contributed by atoms with Crippen molar-refractivity contribution in [3.05, 3.63) is 58.1 Å². The number of carbonyl (C=O) groups is 1. The van der Waals surface area contributed by atoms with E-state index in [2.05, 4.69) is 4.72 Å². The number of nitrogens with one attached hydrogen (secondary N) is 1. The molecule has 134 valence electrons. The van der Waals surface area contributed by atoms with Crippen LogP contribution in [0.3, 0.4) is 0 Å². The molecule has 0 unspecified atom stereocenters. The van der Waals surface area contributed by atoms with Crippen LogP contribution in [0.1, 0.15) is 30.1 Å². The fourth-order valence-electron chi connectivity index (χ4n) is 1.96. The first-order valence-corrected chi connectivity index (χ1v) is 9.82. The van der Waals surface area contributed by atoms with Crippen molar-refractivity contribution >= 4 is 44.9 Å². The van der Waals surface area contributed by atoms with Crippen molar-refractivity contribution in [2.75, 3.05) is 11.3 Å². The topological polar surface area (TPSA) is 72.5 Å². The first kappa shape index (κ1) is 19.6. The number of ether oxygens (including phenoxy) is 1. The maximum Gasteiger partial charge on any atom is 0.338 e. The Labute approximate surface area is 157 Å². The molecule has 0 aliphatic rings. The van der Waals surface area contributed by atoms with E-state index in [1.54, 1.807) is 0 Å². The predicted octanol–water partition coefficient (Wildman–Crippen LogP) is 4.75. The highest BCUT2D eigenvalue weighted by molar-refractivity contribution is 7.92. The molecule has 2 aromatic carbocycles. The second-order valence-electron chi connectivity index (χ2n) is 5.25. The van der Waals surface area contributed by atoms with Crippen LogP contribution in [-0.4, -0.2) is 21.0 Å². The molecule has 1 N–H and O–H groups in total. The molecule has 0 saturated heterocycles. The fraction of sp³-hybridized carbons (Fsp3) is 0.235. The third-order valence-electron chi connectivity index (χ3n) is 3.29. The van der Waals surface area contributed by atoms with Crippen LogP contribution in [0.25, 0.3) is 0 Å². The van der Waals surface area contributed by atoms with E-state index in [4.69, 9.17) is 27.9 Å². The second kappa shape index (κ2) is 8.56. The number of benzene rings is 2. The Morgan fingerprint density at radius 2 is 1.80 bits per heavy atom. The van der Waals surface area contributed by atoms with Crippen molar-refractivity contribution in [2.45, 2.75) is 24.7 Å². The van der Waals surface area contributed by atoms with E-state index < -0.39 is 16.0 Å². The van der Waals surface area contributed by atoms with Crippen molar-refractivity contribution in [1.29, 1.82) is 0 Å². The first-order chi connectivity index (χ1) is 11.8. The molecule has 0 bridgehead atoms. The summed E-state index contributed by atoms with van der Waals surface area (Å²) in [7, 11) is -3.90. The highest BCUT2D eigenvalue weighted by Gasteiger charge is 2.19. The average Bonchev–Trinajstić information content (AvgIpc) is 2.57. The van der Waals surface area contributed by atoms with Gasteiger partial charge in [0.05, 0.1) is 17.2 Å². The molecule has 0 atom stereocenters. The minimum absolute atomic E-state index is 0.0630. The molecule has 5 nitrogen and oxygen atoms in total. The molecule has 2 aromatic rings. The molecule has 0 aromatic heterocycles. The van der Waals surface area contributed by atoms with Gasteiger partial charge in [0.2, 0.25) is 0 Å². The van der Waals surface area contributed by atoms with Gasteiger partial charge in [-0.15, -0.1) is 0 Å². The lowest BCUT2D eigenvalue weighted by molar-refractivity contribution is 0.0500. The Morgan fingerprint density at radius 1 is 1.12 bits per heavy atom. The molecule has 8 heteroatoms. The number of rotatable bonds is 7. The normalized spacial score (nSPS) is 11.2. The van der Waals surface area contributed by atoms with Gasteiger partial charge in [0.1, 0.15) is 4.90 Å². The molecule has 0 aliphatic carbocycles. The lowest BCUT2D eigenvalue weighted by Crippen LogP contribution is -2.14. The smallest absolute Gasteiger partial charge is 0.338 e. The summed E-state index contributed by atoms with van der Waals surface area (Å²) in [5.74, 6) is -0.444. The monoisotopic (exact) mass is 401 g/mol. The Kier molecular flexibility index (Phi) is 6.70.